The van der Waals surface area contributed by atoms with Gasteiger partial charge in [-0.25, -0.2) is 14.4 Å². The van der Waals surface area contributed by atoms with Gasteiger partial charge in [-0.2, -0.15) is 0 Å². The van der Waals surface area contributed by atoms with E-state index in [1.165, 1.54) is 17.0 Å². The van der Waals surface area contributed by atoms with E-state index in [1.54, 1.807) is 42.8 Å². The molecule has 160 valence electrons. The van der Waals surface area contributed by atoms with E-state index in [-0.39, 0.29) is 29.8 Å². The summed E-state index contributed by atoms with van der Waals surface area (Å²) in [6, 6.07) is 9.54. The van der Waals surface area contributed by atoms with E-state index in [2.05, 4.69) is 32.5 Å². The van der Waals surface area contributed by atoms with Crippen molar-refractivity contribution in [1.29, 1.82) is 0 Å². The summed E-state index contributed by atoms with van der Waals surface area (Å²) in [5, 5.41) is 7.69. The molecule has 0 aliphatic carbocycles. The molecule has 30 heavy (non-hydrogen) atoms. The zero-order valence-corrected chi connectivity index (χ0v) is 20.0. The minimum atomic E-state index is -0.300. The molecule has 0 atom stereocenters. The molecule has 3 aromatic rings. The Hall–Kier alpha value is -2.27. The number of halogens is 2. The minimum absolute atomic E-state index is 0. The van der Waals surface area contributed by atoms with Gasteiger partial charge in [-0.1, -0.05) is 13.0 Å². The van der Waals surface area contributed by atoms with Gasteiger partial charge in [-0.3, -0.25) is 4.99 Å². The molecular weight excluding hydrogens is 516 g/mol. The van der Waals surface area contributed by atoms with Crippen LogP contribution in [0.15, 0.2) is 53.8 Å². The summed E-state index contributed by atoms with van der Waals surface area (Å²) in [6.07, 6.45) is 5.57. The maximum Gasteiger partial charge on any atom is 0.219 e. The smallest absolute Gasteiger partial charge is 0.219 e. The number of thiazole rings is 1. The molecule has 0 amide bonds. The molecule has 2 aromatic heterocycles. The van der Waals surface area contributed by atoms with Crippen molar-refractivity contribution in [3.63, 3.8) is 0 Å². The predicted molar refractivity (Wildman–Crippen MR) is 130 cm³/mol. The lowest BCUT2D eigenvalue weighted by atomic mass is 10.3. The first-order chi connectivity index (χ1) is 14.2. The number of nitrogens with zero attached hydrogens (tertiary/aromatic N) is 3. The van der Waals surface area contributed by atoms with Gasteiger partial charge in [-0.05, 0) is 36.2 Å². The van der Waals surface area contributed by atoms with Crippen molar-refractivity contribution in [2.24, 2.45) is 4.99 Å². The maximum atomic E-state index is 12.9. The van der Waals surface area contributed by atoms with Crippen LogP contribution >= 0.6 is 35.3 Å². The second-order valence-electron chi connectivity index (χ2n) is 6.24. The largest absolute Gasteiger partial charge is 0.439 e. The first-order valence-electron chi connectivity index (χ1n) is 9.42. The normalized spacial score (nSPS) is 11.0. The summed E-state index contributed by atoms with van der Waals surface area (Å²) < 4.78 is 18.5. The highest BCUT2D eigenvalue weighted by atomic mass is 127. The standard InChI is InChI=1S/C21H24FN5OS.HI/c1-3-18-14-26-20(29-18)10-11-24-21(23-2)27-13-15-4-9-19(25-12-15)28-17-7-5-16(22)6-8-17;/h4-9,12,14H,3,10-11,13H2,1-2H3,(H2,23,24,27);1H. The van der Waals surface area contributed by atoms with Crippen molar-refractivity contribution in [1.82, 2.24) is 20.6 Å². The average molecular weight is 541 g/mol. The number of hydrogen-bond donors (Lipinski definition) is 2. The Morgan fingerprint density at radius 1 is 1.10 bits per heavy atom. The number of aromatic nitrogens is 2. The molecule has 0 aliphatic heterocycles. The summed E-state index contributed by atoms with van der Waals surface area (Å²) in [5.41, 5.74) is 0.993. The third kappa shape index (κ3) is 7.52. The van der Waals surface area contributed by atoms with Gasteiger partial charge < -0.3 is 15.4 Å². The Morgan fingerprint density at radius 3 is 2.53 bits per heavy atom. The first kappa shape index (κ1) is 24.0. The van der Waals surface area contributed by atoms with E-state index in [4.69, 9.17) is 4.74 Å². The Kier molecular flexibility index (Phi) is 9.95. The lowest BCUT2D eigenvalue weighted by molar-refractivity contribution is 0.461. The van der Waals surface area contributed by atoms with E-state index >= 15 is 0 Å². The minimum Gasteiger partial charge on any atom is -0.439 e. The van der Waals surface area contributed by atoms with E-state index in [0.717, 1.165) is 35.9 Å². The van der Waals surface area contributed by atoms with Crippen molar-refractivity contribution in [2.75, 3.05) is 13.6 Å². The number of nitrogens with one attached hydrogen (secondary N) is 2. The summed E-state index contributed by atoms with van der Waals surface area (Å²) >= 11 is 1.75. The van der Waals surface area contributed by atoms with Gasteiger partial charge in [0.15, 0.2) is 5.96 Å². The second-order valence-corrected chi connectivity index (χ2v) is 7.44. The number of ether oxygens (including phenoxy) is 1. The lowest BCUT2D eigenvalue weighted by Gasteiger charge is -2.11. The van der Waals surface area contributed by atoms with Crippen LogP contribution in [0.4, 0.5) is 4.39 Å². The van der Waals surface area contributed by atoms with E-state index in [9.17, 15) is 4.39 Å². The van der Waals surface area contributed by atoms with Crippen LogP contribution in [0.25, 0.3) is 0 Å². The summed E-state index contributed by atoms with van der Waals surface area (Å²) in [6.45, 7) is 3.48. The molecule has 0 saturated carbocycles. The number of pyridine rings is 1. The maximum absolute atomic E-state index is 12.9. The van der Waals surface area contributed by atoms with Gasteiger partial charge in [0.05, 0.1) is 5.01 Å². The van der Waals surface area contributed by atoms with Crippen LogP contribution in [0.1, 0.15) is 22.4 Å². The number of benzene rings is 1. The molecule has 2 heterocycles. The number of aryl methyl sites for hydroxylation is 1. The molecule has 9 heteroatoms. The van der Waals surface area contributed by atoms with Crippen molar-refractivity contribution in [3.8, 4) is 11.6 Å². The third-order valence-corrected chi connectivity index (χ3v) is 5.30. The Balaban J connectivity index is 0.00000320. The number of guanidine groups is 1. The molecule has 0 spiro atoms. The Bertz CT molecular complexity index is 931. The van der Waals surface area contributed by atoms with Gasteiger partial charge in [0.25, 0.3) is 0 Å². The number of rotatable bonds is 8. The van der Waals surface area contributed by atoms with Gasteiger partial charge >= 0.3 is 0 Å². The highest BCUT2D eigenvalue weighted by molar-refractivity contribution is 14.0. The van der Waals surface area contributed by atoms with Gasteiger partial charge in [0.2, 0.25) is 5.88 Å². The molecule has 0 aliphatic rings. The molecule has 0 bridgehead atoms. The van der Waals surface area contributed by atoms with Crippen LogP contribution in [-0.2, 0) is 19.4 Å². The summed E-state index contributed by atoms with van der Waals surface area (Å²) in [7, 11) is 1.74. The number of aliphatic imine (C=N–C) groups is 1. The molecule has 2 N–H and O–H groups in total. The van der Waals surface area contributed by atoms with Crippen LogP contribution < -0.4 is 15.4 Å². The molecule has 6 nitrogen and oxygen atoms in total. The Morgan fingerprint density at radius 2 is 1.90 bits per heavy atom. The fourth-order valence-corrected chi connectivity index (χ4v) is 3.38. The molecule has 0 fully saturated rings. The van der Waals surface area contributed by atoms with Gasteiger partial charge in [-0.15, -0.1) is 35.3 Å². The summed E-state index contributed by atoms with van der Waals surface area (Å²) in [5.74, 6) is 1.42. The second kappa shape index (κ2) is 12.4. The fourth-order valence-electron chi connectivity index (χ4n) is 2.52. The van der Waals surface area contributed by atoms with Crippen molar-refractivity contribution >= 4 is 41.3 Å². The molecule has 0 unspecified atom stereocenters. The molecule has 3 rings (SSSR count). The molecular formula is C21H25FIN5OS. The predicted octanol–water partition coefficient (Wildman–Crippen LogP) is 4.56. The van der Waals surface area contributed by atoms with Gasteiger partial charge in [0.1, 0.15) is 11.6 Å². The van der Waals surface area contributed by atoms with E-state index < -0.39 is 0 Å². The topological polar surface area (TPSA) is 71.4 Å². The summed E-state index contributed by atoms with van der Waals surface area (Å²) in [4.78, 5) is 14.3. The van der Waals surface area contributed by atoms with Crippen molar-refractivity contribution in [3.05, 3.63) is 70.1 Å². The molecule has 0 saturated heterocycles. The highest BCUT2D eigenvalue weighted by Gasteiger charge is 2.04. The fraction of sp³-hybridized carbons (Fsp3) is 0.286. The van der Waals surface area contributed by atoms with Crippen LogP contribution in [0.2, 0.25) is 0 Å². The third-order valence-electron chi connectivity index (χ3n) is 4.10. The SMILES string of the molecule is CCc1cnc(CCNC(=NC)NCc2ccc(Oc3ccc(F)cc3)nc2)s1.I. The van der Waals surface area contributed by atoms with E-state index in [1.807, 2.05) is 12.3 Å². The Labute approximate surface area is 197 Å². The zero-order valence-electron chi connectivity index (χ0n) is 16.9. The highest BCUT2D eigenvalue weighted by Crippen LogP contribution is 2.19. The van der Waals surface area contributed by atoms with Crippen molar-refractivity contribution in [2.45, 2.75) is 26.3 Å². The zero-order chi connectivity index (χ0) is 20.5. The van der Waals surface area contributed by atoms with Crippen LogP contribution in [0.3, 0.4) is 0 Å². The molecule has 1 aromatic carbocycles. The van der Waals surface area contributed by atoms with Gasteiger partial charge in [0, 0.05) is 49.9 Å². The van der Waals surface area contributed by atoms with Crippen LogP contribution in [-0.4, -0.2) is 29.5 Å². The quantitative estimate of drug-likeness (QED) is 0.249. The monoisotopic (exact) mass is 541 g/mol. The van der Waals surface area contributed by atoms with Crippen LogP contribution in [0, 0.1) is 5.82 Å². The van der Waals surface area contributed by atoms with Crippen LogP contribution in [0.5, 0.6) is 11.6 Å². The average Bonchev–Trinajstić information content (AvgIpc) is 3.21. The first-order valence-corrected chi connectivity index (χ1v) is 10.2. The lowest BCUT2D eigenvalue weighted by Crippen LogP contribution is -2.37. The van der Waals surface area contributed by atoms with Crippen molar-refractivity contribution < 1.29 is 9.13 Å². The number of hydrogen-bond acceptors (Lipinski definition) is 5. The van der Waals surface area contributed by atoms with E-state index in [0.29, 0.717) is 18.2 Å². The molecule has 0 radical (unpaired) electrons.